The van der Waals surface area contributed by atoms with E-state index in [1.807, 2.05) is 0 Å². The number of hydrogen-bond donors (Lipinski definition) is 1. The molecule has 0 atom stereocenters. The Morgan fingerprint density at radius 1 is 0.848 bits per heavy atom. The molecule has 2 aromatic rings. The van der Waals surface area contributed by atoms with Crippen LogP contribution in [0.3, 0.4) is 0 Å². The second-order valence-electron chi connectivity index (χ2n) is 6.51. The molecule has 176 valence electrons. The molecule has 0 radical (unpaired) electrons. The number of amides is 2. The molecule has 4 rings (SSSR count). The lowest BCUT2D eigenvalue weighted by Crippen LogP contribution is -2.41. The van der Waals surface area contributed by atoms with Crippen LogP contribution in [-0.2, 0) is 19.1 Å². The van der Waals surface area contributed by atoms with E-state index in [0.29, 0.717) is 32.0 Å². The van der Waals surface area contributed by atoms with Gasteiger partial charge in [0.05, 0.1) is 23.1 Å². The molecule has 2 fully saturated rings. The van der Waals surface area contributed by atoms with Crippen molar-refractivity contribution in [1.82, 2.24) is 5.32 Å². The Labute approximate surface area is 187 Å². The van der Waals surface area contributed by atoms with E-state index >= 15 is 0 Å². The topological polar surface area (TPSA) is 154 Å². The molecule has 0 bridgehead atoms. The molecular formula is C20H21FN4O8. The van der Waals surface area contributed by atoms with Crippen LogP contribution in [0.25, 0.3) is 0 Å². The minimum atomic E-state index is -0.570. The highest BCUT2D eigenvalue weighted by Gasteiger charge is 2.20. The maximum absolute atomic E-state index is 12.1. The average Bonchev–Trinajstić information content (AvgIpc) is 2.81. The third kappa shape index (κ3) is 8.59. The Bertz CT molecular complexity index is 961. The van der Waals surface area contributed by atoms with Crippen molar-refractivity contribution in [2.75, 3.05) is 44.4 Å². The monoisotopic (exact) mass is 464 g/mol. The summed E-state index contributed by atoms with van der Waals surface area (Å²) in [5, 5.41) is 23.1. The van der Waals surface area contributed by atoms with Gasteiger partial charge in [-0.2, -0.15) is 0 Å². The van der Waals surface area contributed by atoms with Crippen molar-refractivity contribution >= 4 is 28.9 Å². The van der Waals surface area contributed by atoms with Gasteiger partial charge >= 0.3 is 0 Å². The zero-order chi connectivity index (χ0) is 24.2. The molecule has 0 aromatic heterocycles. The standard InChI is InChI=1S/C10H10N2O4.C6H4FNO2.C4H7NO2/c13-10-7-16-6-5-11(10)8-1-3-9(4-2-8)12(14)15;7-5-1-3-6(4-2-5)8(9)10;6-4-3-7-2-1-5-4/h1-4H,5-7H2;1-4H;1-3H2,(H,5,6). The SMILES string of the molecule is O=C1COCCN1.O=C1COCCN1c1ccc([N+](=O)[O-])cc1.O=[N+]([O-])c1ccc(F)cc1. The van der Waals surface area contributed by atoms with Gasteiger partial charge in [-0.25, -0.2) is 4.39 Å². The summed E-state index contributed by atoms with van der Waals surface area (Å²) in [7, 11) is 0. The Morgan fingerprint density at radius 2 is 1.39 bits per heavy atom. The lowest BCUT2D eigenvalue weighted by molar-refractivity contribution is -0.385. The Hall–Kier alpha value is -3.97. The minimum Gasteiger partial charge on any atom is -0.370 e. The van der Waals surface area contributed by atoms with Crippen LogP contribution in [-0.4, -0.2) is 61.2 Å². The van der Waals surface area contributed by atoms with Gasteiger partial charge in [0.15, 0.2) is 0 Å². The number of benzene rings is 2. The second kappa shape index (κ2) is 12.8. The van der Waals surface area contributed by atoms with E-state index in [2.05, 4.69) is 5.32 Å². The maximum Gasteiger partial charge on any atom is 0.269 e. The third-order valence-electron chi connectivity index (χ3n) is 4.20. The van der Waals surface area contributed by atoms with Crippen molar-refractivity contribution in [2.45, 2.75) is 0 Å². The fourth-order valence-electron chi connectivity index (χ4n) is 2.59. The molecule has 2 saturated heterocycles. The van der Waals surface area contributed by atoms with E-state index < -0.39 is 15.7 Å². The van der Waals surface area contributed by atoms with Gasteiger partial charge in [0.25, 0.3) is 17.3 Å². The highest BCUT2D eigenvalue weighted by molar-refractivity contribution is 5.94. The van der Waals surface area contributed by atoms with Crippen LogP contribution in [0.2, 0.25) is 0 Å². The molecule has 0 spiro atoms. The van der Waals surface area contributed by atoms with Gasteiger partial charge in [0, 0.05) is 43.0 Å². The first-order chi connectivity index (χ1) is 15.8. The summed E-state index contributed by atoms with van der Waals surface area (Å²) in [6, 6.07) is 10.3. The summed E-state index contributed by atoms with van der Waals surface area (Å²) in [6.07, 6.45) is 0. The lowest BCUT2D eigenvalue weighted by Gasteiger charge is -2.26. The van der Waals surface area contributed by atoms with E-state index in [0.717, 1.165) is 24.3 Å². The number of carbonyl (C=O) groups is 2. The highest BCUT2D eigenvalue weighted by Crippen LogP contribution is 2.20. The first kappa shape index (κ1) is 25.3. The maximum atomic E-state index is 12.1. The molecule has 12 nitrogen and oxygen atoms in total. The fraction of sp³-hybridized carbons (Fsp3) is 0.300. The highest BCUT2D eigenvalue weighted by atomic mass is 19.1. The van der Waals surface area contributed by atoms with Gasteiger partial charge in [0.1, 0.15) is 19.0 Å². The fourth-order valence-corrected chi connectivity index (χ4v) is 2.59. The number of non-ortho nitro benzene ring substituents is 2. The van der Waals surface area contributed by atoms with Gasteiger partial charge in [-0.1, -0.05) is 0 Å². The van der Waals surface area contributed by atoms with Crippen LogP contribution < -0.4 is 10.2 Å². The van der Waals surface area contributed by atoms with E-state index in [-0.39, 0.29) is 36.4 Å². The van der Waals surface area contributed by atoms with E-state index in [4.69, 9.17) is 9.47 Å². The summed E-state index contributed by atoms with van der Waals surface area (Å²) in [4.78, 5) is 42.7. The summed E-state index contributed by atoms with van der Waals surface area (Å²) < 4.78 is 21.9. The largest absolute Gasteiger partial charge is 0.370 e. The van der Waals surface area contributed by atoms with E-state index in [1.165, 1.54) is 12.1 Å². The molecule has 0 aliphatic carbocycles. The van der Waals surface area contributed by atoms with E-state index in [9.17, 15) is 34.2 Å². The summed E-state index contributed by atoms with van der Waals surface area (Å²) >= 11 is 0. The molecule has 1 N–H and O–H groups in total. The second-order valence-corrected chi connectivity index (χ2v) is 6.51. The van der Waals surface area contributed by atoms with Gasteiger partial charge in [-0.15, -0.1) is 0 Å². The normalized spacial score (nSPS) is 15.2. The first-order valence-corrected chi connectivity index (χ1v) is 9.65. The number of nitrogens with one attached hydrogen (secondary N) is 1. The van der Waals surface area contributed by atoms with Crippen molar-refractivity contribution < 1.29 is 33.3 Å². The number of anilines is 1. The molecule has 2 aromatic carbocycles. The Morgan fingerprint density at radius 3 is 1.82 bits per heavy atom. The number of rotatable bonds is 3. The number of nitro groups is 2. The summed E-state index contributed by atoms with van der Waals surface area (Å²) in [5.41, 5.74) is 0.588. The number of morpholine rings is 2. The van der Waals surface area contributed by atoms with Crippen LogP contribution in [0.1, 0.15) is 0 Å². The quantitative estimate of drug-likeness (QED) is 0.533. The molecular weight excluding hydrogens is 443 g/mol. The van der Waals surface area contributed by atoms with Crippen LogP contribution in [0, 0.1) is 26.0 Å². The summed E-state index contributed by atoms with van der Waals surface area (Å²) in [6.45, 7) is 2.60. The van der Waals surface area contributed by atoms with Crippen molar-refractivity contribution in [3.05, 3.63) is 74.6 Å². The van der Waals surface area contributed by atoms with Crippen molar-refractivity contribution in [3.8, 4) is 0 Å². The number of carbonyl (C=O) groups excluding carboxylic acids is 2. The van der Waals surface area contributed by atoms with E-state index in [1.54, 1.807) is 17.0 Å². The van der Waals surface area contributed by atoms with Crippen LogP contribution >= 0.6 is 0 Å². The molecule has 0 unspecified atom stereocenters. The van der Waals surface area contributed by atoms with Crippen molar-refractivity contribution in [3.63, 3.8) is 0 Å². The van der Waals surface area contributed by atoms with Gasteiger partial charge < -0.3 is 19.7 Å². The first-order valence-electron chi connectivity index (χ1n) is 9.65. The molecule has 13 heteroatoms. The number of halogens is 1. The third-order valence-corrected chi connectivity index (χ3v) is 4.20. The number of hydrogen-bond acceptors (Lipinski definition) is 8. The molecule has 2 heterocycles. The molecule has 2 amide bonds. The van der Waals surface area contributed by atoms with Crippen molar-refractivity contribution in [1.29, 1.82) is 0 Å². The molecule has 0 saturated carbocycles. The van der Waals surface area contributed by atoms with Gasteiger partial charge in [0.2, 0.25) is 5.91 Å². The Balaban J connectivity index is 0.000000193. The summed E-state index contributed by atoms with van der Waals surface area (Å²) in [5.74, 6) is -0.600. The molecule has 33 heavy (non-hydrogen) atoms. The predicted octanol–water partition coefficient (Wildman–Crippen LogP) is 1.82. The predicted molar refractivity (Wildman–Crippen MR) is 113 cm³/mol. The van der Waals surface area contributed by atoms with Crippen LogP contribution in [0.4, 0.5) is 21.5 Å². The van der Waals surface area contributed by atoms with Gasteiger partial charge in [-0.05, 0) is 24.3 Å². The number of ether oxygens (including phenoxy) is 2. The number of nitro benzene ring substituents is 2. The van der Waals surface area contributed by atoms with Gasteiger partial charge in [-0.3, -0.25) is 29.8 Å². The van der Waals surface area contributed by atoms with Crippen molar-refractivity contribution in [2.24, 2.45) is 0 Å². The Kier molecular flexibility index (Phi) is 9.80. The average molecular weight is 464 g/mol. The zero-order valence-electron chi connectivity index (χ0n) is 17.3. The minimum absolute atomic E-state index is 0.00810. The zero-order valence-corrected chi connectivity index (χ0v) is 17.3. The van der Waals surface area contributed by atoms with Crippen LogP contribution in [0.15, 0.2) is 48.5 Å². The smallest absolute Gasteiger partial charge is 0.269 e. The number of nitrogens with zero attached hydrogens (tertiary/aromatic N) is 3. The van der Waals surface area contributed by atoms with Crippen LogP contribution in [0.5, 0.6) is 0 Å². The lowest BCUT2D eigenvalue weighted by atomic mass is 10.2. The molecule has 2 aliphatic heterocycles. The molecule has 2 aliphatic rings.